The van der Waals surface area contributed by atoms with E-state index in [2.05, 4.69) is 26.1 Å². The van der Waals surface area contributed by atoms with Crippen molar-refractivity contribution in [3.05, 3.63) is 58.1 Å². The number of esters is 1. The number of rotatable bonds is 6. The van der Waals surface area contributed by atoms with Crippen LogP contribution in [0.25, 0.3) is 6.08 Å². The van der Waals surface area contributed by atoms with E-state index in [-0.39, 0.29) is 5.57 Å². The zero-order valence-corrected chi connectivity index (χ0v) is 18.1. The third kappa shape index (κ3) is 4.30. The molecule has 1 saturated heterocycles. The molecule has 2 aromatic rings. The van der Waals surface area contributed by atoms with Crippen LogP contribution < -0.4 is 19.9 Å². The lowest BCUT2D eigenvalue weighted by Gasteiger charge is -2.16. The maximum absolute atomic E-state index is 12.8. The molecule has 1 heterocycles. The van der Waals surface area contributed by atoms with Crippen molar-refractivity contribution < 1.29 is 28.6 Å². The molecule has 30 heavy (non-hydrogen) atoms. The van der Waals surface area contributed by atoms with Gasteiger partial charge < -0.3 is 14.2 Å². The van der Waals surface area contributed by atoms with Crippen molar-refractivity contribution in [3.8, 4) is 11.5 Å². The fourth-order valence-electron chi connectivity index (χ4n) is 2.79. The van der Waals surface area contributed by atoms with Crippen LogP contribution in [0.2, 0.25) is 0 Å². The summed E-state index contributed by atoms with van der Waals surface area (Å²) in [7, 11) is 2.72. The van der Waals surface area contributed by atoms with E-state index in [9.17, 15) is 14.4 Å². The summed E-state index contributed by atoms with van der Waals surface area (Å²) >= 11 is 3.41. The smallest absolute Gasteiger partial charge is 0.346 e. The van der Waals surface area contributed by atoms with Gasteiger partial charge in [-0.3, -0.25) is 15.0 Å². The molecule has 1 unspecified atom stereocenters. The number of nitrogens with zero attached hydrogens (tertiary/aromatic N) is 1. The molecule has 1 N–H and O–H groups in total. The maximum Gasteiger partial charge on any atom is 0.346 e. The van der Waals surface area contributed by atoms with E-state index in [1.165, 1.54) is 25.3 Å². The first kappa shape index (κ1) is 21.4. The molecule has 9 heteroatoms. The zero-order chi connectivity index (χ0) is 21.8. The van der Waals surface area contributed by atoms with Crippen LogP contribution in [0.4, 0.5) is 5.69 Å². The van der Waals surface area contributed by atoms with Gasteiger partial charge in [0.15, 0.2) is 17.6 Å². The molecule has 1 aliphatic heterocycles. The first-order chi connectivity index (χ1) is 14.3. The second kappa shape index (κ2) is 9.00. The number of halogens is 1. The standard InChI is InChI=1S/C21H19BrN2O6/c1-12(21(27)29-3)30-18-11-16(22)13(10-17(18)28-2)9-15-19(25)23-24(20(15)26)14-7-5-4-6-8-14/h4-12H,1-3H3,(H,23,25). The van der Waals surface area contributed by atoms with Crippen molar-refractivity contribution in [3.63, 3.8) is 0 Å². The highest BCUT2D eigenvalue weighted by Gasteiger charge is 2.34. The van der Waals surface area contributed by atoms with Gasteiger partial charge in [0.2, 0.25) is 0 Å². The van der Waals surface area contributed by atoms with Crippen LogP contribution in [0.1, 0.15) is 12.5 Å². The lowest BCUT2D eigenvalue weighted by Crippen LogP contribution is -2.35. The quantitative estimate of drug-likeness (QED) is 0.393. The molecular weight excluding hydrogens is 456 g/mol. The largest absolute Gasteiger partial charge is 0.493 e. The Bertz CT molecular complexity index is 1020. The number of benzene rings is 2. The summed E-state index contributed by atoms with van der Waals surface area (Å²) in [5, 5.41) is 1.19. The second-order valence-corrected chi connectivity index (χ2v) is 7.14. The molecule has 2 amide bonds. The minimum absolute atomic E-state index is 0.0294. The van der Waals surface area contributed by atoms with Crippen molar-refractivity contribution in [1.29, 1.82) is 0 Å². The van der Waals surface area contributed by atoms with Crippen molar-refractivity contribution in [2.45, 2.75) is 13.0 Å². The Labute approximate surface area is 181 Å². The Morgan fingerprint density at radius 3 is 2.47 bits per heavy atom. The van der Waals surface area contributed by atoms with Gasteiger partial charge in [-0.2, -0.15) is 0 Å². The molecule has 0 spiro atoms. The number of carbonyl (C=O) groups is 3. The molecule has 1 aliphatic rings. The van der Waals surface area contributed by atoms with E-state index in [1.54, 1.807) is 43.3 Å². The highest BCUT2D eigenvalue weighted by atomic mass is 79.9. The topological polar surface area (TPSA) is 94.2 Å². The Morgan fingerprint density at radius 1 is 1.13 bits per heavy atom. The number of ether oxygens (including phenoxy) is 3. The lowest BCUT2D eigenvalue weighted by molar-refractivity contribution is -0.148. The Hall–Kier alpha value is -3.33. The van der Waals surface area contributed by atoms with Gasteiger partial charge in [-0.25, -0.2) is 9.80 Å². The van der Waals surface area contributed by atoms with Crippen LogP contribution in [-0.4, -0.2) is 38.1 Å². The molecule has 1 fully saturated rings. The van der Waals surface area contributed by atoms with E-state index in [0.717, 1.165) is 0 Å². The molecule has 0 aromatic heterocycles. The summed E-state index contributed by atoms with van der Waals surface area (Å²) < 4.78 is 16.1. The molecule has 8 nitrogen and oxygen atoms in total. The predicted octanol–water partition coefficient (Wildman–Crippen LogP) is 2.86. The van der Waals surface area contributed by atoms with Crippen LogP contribution in [0.3, 0.4) is 0 Å². The number of para-hydroxylation sites is 1. The van der Waals surface area contributed by atoms with E-state index in [0.29, 0.717) is 27.2 Å². The Balaban J connectivity index is 1.92. The van der Waals surface area contributed by atoms with E-state index < -0.39 is 23.9 Å². The third-order valence-electron chi connectivity index (χ3n) is 4.33. The first-order valence-corrected chi connectivity index (χ1v) is 9.69. The number of hydrogen-bond donors (Lipinski definition) is 1. The molecule has 156 valence electrons. The van der Waals surface area contributed by atoms with Crippen LogP contribution in [0.5, 0.6) is 11.5 Å². The van der Waals surface area contributed by atoms with Gasteiger partial charge in [0.1, 0.15) is 5.57 Å². The molecule has 0 bridgehead atoms. The normalized spacial score (nSPS) is 15.7. The minimum atomic E-state index is -0.846. The van der Waals surface area contributed by atoms with Crippen LogP contribution in [0, 0.1) is 0 Å². The van der Waals surface area contributed by atoms with Gasteiger partial charge in [-0.05, 0) is 42.8 Å². The van der Waals surface area contributed by atoms with Crippen LogP contribution >= 0.6 is 15.9 Å². The number of carbonyl (C=O) groups excluding carboxylic acids is 3. The highest BCUT2D eigenvalue weighted by Crippen LogP contribution is 2.36. The monoisotopic (exact) mass is 474 g/mol. The number of nitrogens with one attached hydrogen (secondary N) is 1. The molecule has 0 radical (unpaired) electrons. The second-order valence-electron chi connectivity index (χ2n) is 6.28. The number of anilines is 1. The Kier molecular flexibility index (Phi) is 6.41. The molecule has 1 atom stereocenters. The average molecular weight is 475 g/mol. The number of hydrazine groups is 1. The van der Waals surface area contributed by atoms with Gasteiger partial charge in [-0.1, -0.05) is 34.1 Å². The van der Waals surface area contributed by atoms with E-state index in [1.807, 2.05) is 6.07 Å². The lowest BCUT2D eigenvalue weighted by atomic mass is 10.1. The molecule has 3 rings (SSSR count). The van der Waals surface area contributed by atoms with E-state index in [4.69, 9.17) is 9.47 Å². The summed E-state index contributed by atoms with van der Waals surface area (Å²) in [4.78, 5) is 36.8. The van der Waals surface area contributed by atoms with Gasteiger partial charge in [0.05, 0.1) is 19.9 Å². The zero-order valence-electron chi connectivity index (χ0n) is 16.5. The molecule has 0 aliphatic carbocycles. The minimum Gasteiger partial charge on any atom is -0.493 e. The van der Waals surface area contributed by atoms with Crippen LogP contribution in [0.15, 0.2) is 52.5 Å². The van der Waals surface area contributed by atoms with Crippen molar-refractivity contribution in [2.24, 2.45) is 0 Å². The van der Waals surface area contributed by atoms with Gasteiger partial charge in [0.25, 0.3) is 11.8 Å². The summed E-state index contributed by atoms with van der Waals surface area (Å²) in [5.74, 6) is -0.899. The van der Waals surface area contributed by atoms with Crippen molar-refractivity contribution in [1.82, 2.24) is 5.43 Å². The molecule has 2 aromatic carbocycles. The highest BCUT2D eigenvalue weighted by molar-refractivity contribution is 9.10. The third-order valence-corrected chi connectivity index (χ3v) is 5.01. The Morgan fingerprint density at radius 2 is 1.83 bits per heavy atom. The van der Waals surface area contributed by atoms with Gasteiger partial charge in [0, 0.05) is 4.47 Å². The summed E-state index contributed by atoms with van der Waals surface area (Å²) in [6.45, 7) is 1.55. The number of hydrogen-bond acceptors (Lipinski definition) is 6. The summed E-state index contributed by atoms with van der Waals surface area (Å²) in [5.41, 5.74) is 3.60. The van der Waals surface area contributed by atoms with Crippen molar-refractivity contribution in [2.75, 3.05) is 19.2 Å². The van der Waals surface area contributed by atoms with Gasteiger partial charge >= 0.3 is 5.97 Å². The van der Waals surface area contributed by atoms with Gasteiger partial charge in [-0.15, -0.1) is 0 Å². The summed E-state index contributed by atoms with van der Waals surface area (Å²) in [6, 6.07) is 12.0. The van der Waals surface area contributed by atoms with Crippen molar-refractivity contribution >= 4 is 45.5 Å². The predicted molar refractivity (Wildman–Crippen MR) is 113 cm³/mol. The fourth-order valence-corrected chi connectivity index (χ4v) is 3.23. The number of methoxy groups -OCH3 is 2. The fraction of sp³-hybridized carbons (Fsp3) is 0.190. The summed E-state index contributed by atoms with van der Waals surface area (Å²) in [6.07, 6.45) is 0.613. The molecule has 0 saturated carbocycles. The number of amides is 2. The van der Waals surface area contributed by atoms with E-state index >= 15 is 0 Å². The average Bonchev–Trinajstić information content (AvgIpc) is 3.03. The maximum atomic E-state index is 12.8. The SMILES string of the molecule is COC(=O)C(C)Oc1cc(Br)c(C=C2C(=O)NN(c3ccccc3)C2=O)cc1OC. The molecular formula is C21H19BrN2O6. The van der Waals surface area contributed by atoms with Crippen LogP contribution in [-0.2, 0) is 19.1 Å². The first-order valence-electron chi connectivity index (χ1n) is 8.90.